The third-order valence-corrected chi connectivity index (χ3v) is 3.64. The first-order chi connectivity index (χ1) is 10.6. The lowest BCUT2D eigenvalue weighted by atomic mass is 10.1. The van der Waals surface area contributed by atoms with E-state index in [1.54, 1.807) is 12.3 Å². The summed E-state index contributed by atoms with van der Waals surface area (Å²) in [5, 5.41) is 4.11. The molecule has 0 unspecified atom stereocenters. The fourth-order valence-corrected chi connectivity index (χ4v) is 2.37. The number of carbonyl (C=O) groups excluding carboxylic acids is 1. The topological polar surface area (TPSA) is 75.7 Å². The molecule has 0 fully saturated rings. The van der Waals surface area contributed by atoms with E-state index in [0.29, 0.717) is 30.4 Å². The molecule has 1 aromatic heterocycles. The van der Waals surface area contributed by atoms with Crippen molar-refractivity contribution in [1.29, 1.82) is 0 Å². The fourth-order valence-electron chi connectivity index (χ4n) is 2.03. The van der Waals surface area contributed by atoms with Crippen LogP contribution in [0.25, 0.3) is 0 Å². The van der Waals surface area contributed by atoms with Gasteiger partial charge in [0.25, 0.3) is 5.91 Å². The lowest BCUT2D eigenvalue weighted by Crippen LogP contribution is -2.20. The molecule has 6 nitrogen and oxygen atoms in total. The number of benzene rings is 1. The number of nitrogens with zero attached hydrogens (tertiary/aromatic N) is 1. The van der Waals surface area contributed by atoms with E-state index in [4.69, 9.17) is 9.47 Å². The second-order valence-corrected chi connectivity index (χ2v) is 5.64. The van der Waals surface area contributed by atoms with E-state index in [1.807, 2.05) is 25.1 Å². The number of hydrazone groups is 1. The summed E-state index contributed by atoms with van der Waals surface area (Å²) in [5.74, 6) is 1.11. The Bertz CT molecular complexity index is 739. The van der Waals surface area contributed by atoms with Crippen LogP contribution < -0.4 is 14.9 Å². The van der Waals surface area contributed by atoms with E-state index >= 15 is 0 Å². The summed E-state index contributed by atoms with van der Waals surface area (Å²) in [6.07, 6.45) is 1.69. The van der Waals surface area contributed by atoms with E-state index in [1.165, 1.54) is 0 Å². The lowest BCUT2D eigenvalue weighted by Gasteiger charge is -2.18. The molecule has 2 aromatic rings. The number of aromatic amines is 1. The van der Waals surface area contributed by atoms with Crippen molar-refractivity contribution in [2.24, 2.45) is 5.10 Å². The van der Waals surface area contributed by atoms with Crippen molar-refractivity contribution < 1.29 is 14.3 Å². The maximum atomic E-state index is 11.9. The van der Waals surface area contributed by atoms with Crippen molar-refractivity contribution in [3.8, 4) is 11.5 Å². The molecule has 1 aliphatic rings. The van der Waals surface area contributed by atoms with Gasteiger partial charge in [0, 0.05) is 16.2 Å². The Morgan fingerprint density at radius 2 is 2.05 bits per heavy atom. The first-order valence-electron chi connectivity index (χ1n) is 6.72. The number of amides is 1. The van der Waals surface area contributed by atoms with Crippen LogP contribution in [0.2, 0.25) is 0 Å². The van der Waals surface area contributed by atoms with Gasteiger partial charge in [-0.25, -0.2) is 5.43 Å². The zero-order chi connectivity index (χ0) is 15.5. The maximum Gasteiger partial charge on any atom is 0.287 e. The second-order valence-electron chi connectivity index (χ2n) is 4.73. The van der Waals surface area contributed by atoms with Crippen molar-refractivity contribution >= 4 is 27.5 Å². The van der Waals surface area contributed by atoms with Gasteiger partial charge < -0.3 is 14.5 Å². The van der Waals surface area contributed by atoms with Crippen LogP contribution in [0.3, 0.4) is 0 Å². The van der Waals surface area contributed by atoms with Gasteiger partial charge in [0.1, 0.15) is 18.9 Å². The Morgan fingerprint density at radius 3 is 2.77 bits per heavy atom. The van der Waals surface area contributed by atoms with Crippen LogP contribution in [0.4, 0.5) is 0 Å². The molecule has 2 N–H and O–H groups in total. The van der Waals surface area contributed by atoms with E-state index in [9.17, 15) is 4.79 Å². The average Bonchev–Trinajstić information content (AvgIpc) is 2.98. The first-order valence-corrected chi connectivity index (χ1v) is 7.51. The average molecular weight is 364 g/mol. The Balaban J connectivity index is 1.73. The summed E-state index contributed by atoms with van der Waals surface area (Å²) in [4.78, 5) is 14.8. The smallest absolute Gasteiger partial charge is 0.287 e. The Labute approximate surface area is 135 Å². The maximum absolute atomic E-state index is 11.9. The number of hydrogen-bond donors (Lipinski definition) is 2. The normalized spacial score (nSPS) is 13.8. The SMILES string of the molecule is C/C(=N/NC(=O)c1cc(Br)c[nH]1)c1ccc2c(c1)OCCO2. The zero-order valence-corrected chi connectivity index (χ0v) is 13.4. The molecule has 1 amide bonds. The van der Waals surface area contributed by atoms with Crippen molar-refractivity contribution in [1.82, 2.24) is 10.4 Å². The predicted molar refractivity (Wildman–Crippen MR) is 85.6 cm³/mol. The molecule has 2 heterocycles. The Morgan fingerprint density at radius 1 is 1.27 bits per heavy atom. The lowest BCUT2D eigenvalue weighted by molar-refractivity contribution is 0.0950. The number of nitrogens with one attached hydrogen (secondary N) is 2. The highest BCUT2D eigenvalue weighted by Crippen LogP contribution is 2.30. The largest absolute Gasteiger partial charge is 0.486 e. The molecule has 0 bridgehead atoms. The molecule has 0 radical (unpaired) electrons. The number of halogens is 1. The highest BCUT2D eigenvalue weighted by molar-refractivity contribution is 9.10. The summed E-state index contributed by atoms with van der Waals surface area (Å²) in [7, 11) is 0. The second kappa shape index (κ2) is 6.23. The summed E-state index contributed by atoms with van der Waals surface area (Å²) in [6.45, 7) is 2.91. The molecular weight excluding hydrogens is 350 g/mol. The first kappa shape index (κ1) is 14.6. The minimum absolute atomic E-state index is 0.303. The molecule has 0 aliphatic carbocycles. The van der Waals surface area contributed by atoms with Gasteiger partial charge in [-0.1, -0.05) is 0 Å². The molecular formula is C15H14BrN3O3. The van der Waals surface area contributed by atoms with E-state index < -0.39 is 0 Å². The number of H-pyrrole nitrogens is 1. The third kappa shape index (κ3) is 3.14. The van der Waals surface area contributed by atoms with Gasteiger partial charge in [0.15, 0.2) is 11.5 Å². The summed E-state index contributed by atoms with van der Waals surface area (Å²) < 4.78 is 11.8. The molecule has 0 saturated heterocycles. The monoisotopic (exact) mass is 363 g/mol. The van der Waals surface area contributed by atoms with Crippen molar-refractivity contribution in [3.05, 3.63) is 46.2 Å². The predicted octanol–water partition coefficient (Wildman–Crippen LogP) is 2.70. The van der Waals surface area contributed by atoms with E-state index in [0.717, 1.165) is 15.8 Å². The highest BCUT2D eigenvalue weighted by atomic mass is 79.9. The van der Waals surface area contributed by atoms with Crippen LogP contribution in [0.1, 0.15) is 23.0 Å². The van der Waals surface area contributed by atoms with Gasteiger partial charge in [0.2, 0.25) is 0 Å². The van der Waals surface area contributed by atoms with Gasteiger partial charge in [-0.2, -0.15) is 5.10 Å². The molecule has 0 atom stereocenters. The van der Waals surface area contributed by atoms with Crippen LogP contribution in [-0.2, 0) is 0 Å². The summed E-state index contributed by atoms with van der Waals surface area (Å²) in [5.41, 5.74) is 4.49. The molecule has 7 heteroatoms. The van der Waals surface area contributed by atoms with Crippen LogP contribution in [0.15, 0.2) is 40.0 Å². The molecule has 0 spiro atoms. The van der Waals surface area contributed by atoms with Crippen molar-refractivity contribution in [2.75, 3.05) is 13.2 Å². The fraction of sp³-hybridized carbons (Fsp3) is 0.200. The highest BCUT2D eigenvalue weighted by Gasteiger charge is 2.13. The van der Waals surface area contributed by atoms with Gasteiger partial charge in [-0.15, -0.1) is 0 Å². The molecule has 1 aromatic carbocycles. The number of carbonyl (C=O) groups is 1. The van der Waals surface area contributed by atoms with Crippen LogP contribution in [0, 0.1) is 0 Å². The van der Waals surface area contributed by atoms with Crippen LogP contribution >= 0.6 is 15.9 Å². The standard InChI is InChI=1S/C15H14BrN3O3/c1-9(18-19-15(20)12-7-11(16)8-17-12)10-2-3-13-14(6-10)22-5-4-21-13/h2-3,6-8,17H,4-5H2,1H3,(H,19,20)/b18-9-. The van der Waals surface area contributed by atoms with Gasteiger partial charge in [-0.3, -0.25) is 4.79 Å². The Hall–Kier alpha value is -2.28. The zero-order valence-electron chi connectivity index (χ0n) is 11.9. The van der Waals surface area contributed by atoms with Crippen molar-refractivity contribution in [3.63, 3.8) is 0 Å². The van der Waals surface area contributed by atoms with Crippen LogP contribution in [0.5, 0.6) is 11.5 Å². The Kier molecular flexibility index (Phi) is 4.15. The summed E-state index contributed by atoms with van der Waals surface area (Å²) in [6, 6.07) is 7.26. The quantitative estimate of drug-likeness (QED) is 0.650. The summed E-state index contributed by atoms with van der Waals surface area (Å²) >= 11 is 3.28. The van der Waals surface area contributed by atoms with Crippen LogP contribution in [-0.4, -0.2) is 29.8 Å². The molecule has 3 rings (SSSR count). The van der Waals surface area contributed by atoms with Gasteiger partial charge in [-0.05, 0) is 47.1 Å². The number of aromatic nitrogens is 1. The number of hydrogen-bond acceptors (Lipinski definition) is 4. The van der Waals surface area contributed by atoms with Crippen molar-refractivity contribution in [2.45, 2.75) is 6.92 Å². The number of fused-ring (bicyclic) bond motifs is 1. The molecule has 0 saturated carbocycles. The van der Waals surface area contributed by atoms with Gasteiger partial charge >= 0.3 is 0 Å². The molecule has 114 valence electrons. The number of rotatable bonds is 3. The van der Waals surface area contributed by atoms with E-state index in [-0.39, 0.29) is 5.91 Å². The molecule has 1 aliphatic heterocycles. The molecule has 22 heavy (non-hydrogen) atoms. The van der Waals surface area contributed by atoms with Gasteiger partial charge in [0.05, 0.1) is 5.71 Å². The third-order valence-electron chi connectivity index (χ3n) is 3.18. The number of ether oxygens (including phenoxy) is 2. The van der Waals surface area contributed by atoms with E-state index in [2.05, 4.69) is 31.4 Å². The minimum Gasteiger partial charge on any atom is -0.486 e. The minimum atomic E-state index is -0.303.